The predicted octanol–water partition coefficient (Wildman–Crippen LogP) is 1.08. The molecule has 0 saturated heterocycles. The Morgan fingerprint density at radius 3 is 2.78 bits per heavy atom. The number of aliphatic hydroxyl groups excluding tert-OH is 1. The van der Waals surface area contributed by atoms with Gasteiger partial charge in [-0.15, -0.1) is 11.3 Å². The van der Waals surface area contributed by atoms with E-state index in [0.717, 1.165) is 4.88 Å². The first kappa shape index (κ1) is 13.1. The molecule has 6 nitrogen and oxygen atoms in total. The highest BCUT2D eigenvalue weighted by Gasteiger charge is 2.18. The number of anilines is 1. The predicted molar refractivity (Wildman–Crippen MR) is 69.0 cm³/mol. The van der Waals surface area contributed by atoms with Gasteiger partial charge in [0.25, 0.3) is 10.0 Å². The fraction of sp³-hybridized carbons (Fsp3) is 0.300. The average Bonchev–Trinajstić information content (AvgIpc) is 2.84. The van der Waals surface area contributed by atoms with E-state index in [9.17, 15) is 8.42 Å². The van der Waals surface area contributed by atoms with E-state index in [1.54, 1.807) is 17.8 Å². The Bertz CT molecular complexity index is 658. The second-order valence-electron chi connectivity index (χ2n) is 3.82. The zero-order chi connectivity index (χ0) is 13.3. The van der Waals surface area contributed by atoms with Gasteiger partial charge in [-0.25, -0.2) is 13.4 Å². The van der Waals surface area contributed by atoms with Crippen molar-refractivity contribution in [1.29, 1.82) is 0 Å². The second-order valence-corrected chi connectivity index (χ2v) is 6.73. The zero-order valence-electron chi connectivity index (χ0n) is 9.91. The van der Waals surface area contributed by atoms with Crippen molar-refractivity contribution >= 4 is 26.5 Å². The summed E-state index contributed by atoms with van der Waals surface area (Å²) in [7, 11) is -1.97. The first-order valence-corrected chi connectivity index (χ1v) is 7.43. The highest BCUT2D eigenvalue weighted by atomic mass is 32.2. The summed E-state index contributed by atoms with van der Waals surface area (Å²) in [4.78, 5) is 4.99. The maximum atomic E-state index is 12.1. The fourth-order valence-corrected chi connectivity index (χ4v) is 3.46. The second kappa shape index (κ2) is 4.71. The molecule has 0 amide bonds. The van der Waals surface area contributed by atoms with Crippen LogP contribution in [0.2, 0.25) is 0 Å². The molecule has 0 saturated carbocycles. The third-order valence-electron chi connectivity index (χ3n) is 2.40. The first-order chi connectivity index (χ1) is 8.42. The molecule has 2 aromatic rings. The number of thiazole rings is 1. The molecule has 0 aromatic carbocycles. The fourth-order valence-electron chi connectivity index (χ4n) is 1.46. The van der Waals surface area contributed by atoms with E-state index >= 15 is 0 Å². The number of aromatic nitrogens is 2. The van der Waals surface area contributed by atoms with Crippen LogP contribution in [0, 0.1) is 6.92 Å². The van der Waals surface area contributed by atoms with Gasteiger partial charge in [-0.3, -0.25) is 4.72 Å². The molecular formula is C10H13N3O3S2. The molecule has 0 aliphatic carbocycles. The average molecular weight is 287 g/mol. The smallest absolute Gasteiger partial charge is 0.265 e. The number of hydrogen-bond donors (Lipinski definition) is 2. The van der Waals surface area contributed by atoms with E-state index in [0.29, 0.717) is 10.8 Å². The van der Waals surface area contributed by atoms with Gasteiger partial charge in [-0.05, 0) is 13.0 Å². The normalized spacial score (nSPS) is 11.7. The largest absolute Gasteiger partial charge is 0.390 e. The van der Waals surface area contributed by atoms with E-state index in [4.69, 9.17) is 5.11 Å². The van der Waals surface area contributed by atoms with Crippen LogP contribution in [-0.4, -0.2) is 23.1 Å². The minimum absolute atomic E-state index is 0.113. The number of aliphatic hydroxyl groups is 1. The van der Waals surface area contributed by atoms with Crippen LogP contribution in [-0.2, 0) is 23.7 Å². The van der Waals surface area contributed by atoms with Crippen molar-refractivity contribution in [2.24, 2.45) is 7.05 Å². The van der Waals surface area contributed by atoms with Gasteiger partial charge in [0.1, 0.15) is 4.90 Å². The van der Waals surface area contributed by atoms with Crippen molar-refractivity contribution in [3.8, 4) is 0 Å². The maximum Gasteiger partial charge on any atom is 0.265 e. The molecule has 8 heteroatoms. The lowest BCUT2D eigenvalue weighted by atomic mass is 10.5. The van der Waals surface area contributed by atoms with Crippen LogP contribution in [0.4, 0.5) is 5.13 Å². The lowest BCUT2D eigenvalue weighted by Crippen LogP contribution is -2.11. The zero-order valence-corrected chi connectivity index (χ0v) is 11.5. The summed E-state index contributed by atoms with van der Waals surface area (Å²) in [5.41, 5.74) is 0.533. The maximum absolute atomic E-state index is 12.1. The van der Waals surface area contributed by atoms with Gasteiger partial charge in [0, 0.05) is 30.0 Å². The molecule has 98 valence electrons. The number of rotatable bonds is 4. The number of nitrogens with zero attached hydrogens (tertiary/aromatic N) is 2. The van der Waals surface area contributed by atoms with Crippen LogP contribution in [0.5, 0.6) is 0 Å². The van der Waals surface area contributed by atoms with E-state index in [1.165, 1.54) is 23.6 Å². The minimum atomic E-state index is -3.65. The Labute approximate surface area is 109 Å². The van der Waals surface area contributed by atoms with Crippen LogP contribution < -0.4 is 4.72 Å². The standard InChI is InChI=1S/C10H13N3O3S2/c1-7-4-11-10(17-7)12-18(15,16)9-3-8(6-14)13(2)5-9/h3-5,14H,6H2,1-2H3,(H,11,12). The Morgan fingerprint density at radius 1 is 1.56 bits per heavy atom. The van der Waals surface area contributed by atoms with Gasteiger partial charge < -0.3 is 9.67 Å². The van der Waals surface area contributed by atoms with Gasteiger partial charge in [0.05, 0.1) is 6.61 Å². The summed E-state index contributed by atoms with van der Waals surface area (Å²) in [6, 6.07) is 1.43. The summed E-state index contributed by atoms with van der Waals surface area (Å²) in [6.45, 7) is 1.64. The molecule has 2 aromatic heterocycles. The van der Waals surface area contributed by atoms with Crippen molar-refractivity contribution < 1.29 is 13.5 Å². The van der Waals surface area contributed by atoms with E-state index < -0.39 is 10.0 Å². The third kappa shape index (κ3) is 2.55. The Morgan fingerprint density at radius 2 is 2.28 bits per heavy atom. The molecule has 0 spiro atoms. The van der Waals surface area contributed by atoms with Crippen molar-refractivity contribution in [3.05, 3.63) is 29.0 Å². The van der Waals surface area contributed by atoms with Gasteiger partial charge in [0.15, 0.2) is 5.13 Å². The van der Waals surface area contributed by atoms with Crippen molar-refractivity contribution in [2.45, 2.75) is 18.4 Å². The van der Waals surface area contributed by atoms with Crippen LogP contribution >= 0.6 is 11.3 Å². The quantitative estimate of drug-likeness (QED) is 0.881. The Kier molecular flexibility index (Phi) is 3.42. The molecule has 2 heterocycles. The third-order valence-corrected chi connectivity index (χ3v) is 4.66. The van der Waals surface area contributed by atoms with Gasteiger partial charge in [-0.1, -0.05) is 0 Å². The molecule has 0 radical (unpaired) electrons. The number of aryl methyl sites for hydroxylation is 2. The molecule has 18 heavy (non-hydrogen) atoms. The number of sulfonamides is 1. The lowest BCUT2D eigenvalue weighted by Gasteiger charge is -2.01. The molecule has 2 rings (SSSR count). The summed E-state index contributed by atoms with van der Waals surface area (Å²) in [5, 5.41) is 9.38. The highest BCUT2D eigenvalue weighted by molar-refractivity contribution is 7.93. The number of hydrogen-bond acceptors (Lipinski definition) is 5. The molecule has 0 fully saturated rings. The topological polar surface area (TPSA) is 84.2 Å². The van der Waals surface area contributed by atoms with Crippen molar-refractivity contribution in [1.82, 2.24) is 9.55 Å². The first-order valence-electron chi connectivity index (χ1n) is 5.14. The SMILES string of the molecule is Cc1cnc(NS(=O)(=O)c2cc(CO)n(C)c2)s1. The molecule has 0 aliphatic rings. The number of nitrogens with one attached hydrogen (secondary N) is 1. The van der Waals surface area contributed by atoms with E-state index in [1.807, 2.05) is 6.92 Å². The van der Waals surface area contributed by atoms with Crippen molar-refractivity contribution in [3.63, 3.8) is 0 Å². The van der Waals surface area contributed by atoms with Crippen LogP contribution in [0.25, 0.3) is 0 Å². The molecular weight excluding hydrogens is 274 g/mol. The lowest BCUT2D eigenvalue weighted by molar-refractivity contribution is 0.272. The van der Waals surface area contributed by atoms with Gasteiger partial charge in [-0.2, -0.15) is 0 Å². The molecule has 0 unspecified atom stereocenters. The van der Waals surface area contributed by atoms with Crippen LogP contribution in [0.3, 0.4) is 0 Å². The molecule has 0 bridgehead atoms. The van der Waals surface area contributed by atoms with Crippen LogP contribution in [0.15, 0.2) is 23.4 Å². The molecule has 0 aliphatic heterocycles. The summed E-state index contributed by atoms with van der Waals surface area (Å²) >= 11 is 1.27. The van der Waals surface area contributed by atoms with E-state index in [-0.39, 0.29) is 11.5 Å². The molecule has 2 N–H and O–H groups in total. The Balaban J connectivity index is 2.30. The summed E-state index contributed by atoms with van der Waals surface area (Å²) < 4.78 is 28.1. The van der Waals surface area contributed by atoms with Gasteiger partial charge in [0.2, 0.25) is 0 Å². The molecule has 0 atom stereocenters. The van der Waals surface area contributed by atoms with Crippen molar-refractivity contribution in [2.75, 3.05) is 4.72 Å². The van der Waals surface area contributed by atoms with Crippen LogP contribution in [0.1, 0.15) is 10.6 Å². The monoisotopic (exact) mass is 287 g/mol. The van der Waals surface area contributed by atoms with E-state index in [2.05, 4.69) is 9.71 Å². The Hall–Kier alpha value is -1.38. The minimum Gasteiger partial charge on any atom is -0.390 e. The summed E-state index contributed by atoms with van der Waals surface area (Å²) in [6.07, 6.45) is 3.06. The highest BCUT2D eigenvalue weighted by Crippen LogP contribution is 2.22. The van der Waals surface area contributed by atoms with Gasteiger partial charge >= 0.3 is 0 Å². The summed E-state index contributed by atoms with van der Waals surface area (Å²) in [5.74, 6) is 0.